The van der Waals surface area contributed by atoms with Crippen LogP contribution in [-0.2, 0) is 5.75 Å². The molecule has 2 N–H and O–H groups in total. The number of anilines is 1. The fraction of sp³-hybridized carbons (Fsp3) is 0.250. The maximum Gasteiger partial charge on any atom is 0.169 e. The molecule has 0 atom stereocenters. The van der Waals surface area contributed by atoms with Crippen molar-refractivity contribution in [1.82, 2.24) is 0 Å². The van der Waals surface area contributed by atoms with Gasteiger partial charge in [-0.05, 0) is 31.2 Å². The molecule has 0 saturated carbocycles. The van der Waals surface area contributed by atoms with Gasteiger partial charge in [-0.1, -0.05) is 12.1 Å². The minimum Gasteiger partial charge on any atom is -0.494 e. The van der Waals surface area contributed by atoms with Crippen molar-refractivity contribution in [1.29, 1.82) is 0 Å². The fourth-order valence-corrected chi connectivity index (χ4v) is 2.85. The molecule has 0 unspecified atom stereocenters. The molecule has 3 nitrogen and oxygen atoms in total. The number of nitrogen functional groups attached to an aromatic ring is 1. The summed E-state index contributed by atoms with van der Waals surface area (Å²) in [5.74, 6) is 1.17. The first kappa shape index (κ1) is 15.5. The first-order chi connectivity index (χ1) is 10.2. The molecule has 0 radical (unpaired) electrons. The standard InChI is InChI=1S/C16H18FNO2S/c1-3-20-12-7-8-13(18)15(9-12)21-10-11-5-4-6-14(19-2)16(11)17/h4-9H,3,10,18H2,1-2H3. The SMILES string of the molecule is CCOc1ccc(N)c(SCc2cccc(OC)c2F)c1. The molecule has 2 rings (SSSR count). The zero-order chi connectivity index (χ0) is 15.2. The topological polar surface area (TPSA) is 44.5 Å². The molecule has 2 aromatic rings. The Bertz CT molecular complexity index is 619. The van der Waals surface area contributed by atoms with Crippen molar-refractivity contribution in [3.8, 4) is 11.5 Å². The van der Waals surface area contributed by atoms with Gasteiger partial charge < -0.3 is 15.2 Å². The van der Waals surface area contributed by atoms with Gasteiger partial charge in [0, 0.05) is 21.9 Å². The first-order valence-electron chi connectivity index (χ1n) is 6.62. The molecule has 0 amide bonds. The van der Waals surface area contributed by atoms with E-state index in [1.807, 2.05) is 19.1 Å². The van der Waals surface area contributed by atoms with E-state index >= 15 is 0 Å². The molecule has 0 fully saturated rings. The molecule has 112 valence electrons. The van der Waals surface area contributed by atoms with Gasteiger partial charge >= 0.3 is 0 Å². The summed E-state index contributed by atoms with van der Waals surface area (Å²) in [6, 6.07) is 10.6. The number of methoxy groups -OCH3 is 1. The summed E-state index contributed by atoms with van der Waals surface area (Å²) in [6.45, 7) is 2.52. The lowest BCUT2D eigenvalue weighted by atomic mass is 10.2. The molecular weight excluding hydrogens is 289 g/mol. The Morgan fingerprint density at radius 1 is 1.24 bits per heavy atom. The number of ether oxygens (including phenoxy) is 2. The number of rotatable bonds is 6. The van der Waals surface area contributed by atoms with Gasteiger partial charge in [-0.2, -0.15) is 0 Å². The van der Waals surface area contributed by atoms with Gasteiger partial charge in [0.25, 0.3) is 0 Å². The van der Waals surface area contributed by atoms with Crippen molar-refractivity contribution >= 4 is 17.4 Å². The van der Waals surface area contributed by atoms with Crippen LogP contribution in [0.5, 0.6) is 11.5 Å². The van der Waals surface area contributed by atoms with Gasteiger partial charge in [-0.15, -0.1) is 11.8 Å². The van der Waals surface area contributed by atoms with Crippen LogP contribution >= 0.6 is 11.8 Å². The summed E-state index contributed by atoms with van der Waals surface area (Å²) in [7, 11) is 1.46. The first-order valence-corrected chi connectivity index (χ1v) is 7.60. The van der Waals surface area contributed by atoms with E-state index in [0.29, 0.717) is 23.6 Å². The molecule has 5 heteroatoms. The van der Waals surface area contributed by atoms with E-state index in [1.165, 1.54) is 18.9 Å². The summed E-state index contributed by atoms with van der Waals surface area (Å²) in [5, 5.41) is 0. The summed E-state index contributed by atoms with van der Waals surface area (Å²) in [4.78, 5) is 0.878. The molecule has 0 aliphatic carbocycles. The molecule has 0 bridgehead atoms. The van der Waals surface area contributed by atoms with E-state index in [2.05, 4.69) is 0 Å². The molecule has 0 aliphatic rings. The van der Waals surface area contributed by atoms with Gasteiger partial charge in [0.2, 0.25) is 0 Å². The number of hydrogen-bond donors (Lipinski definition) is 1. The minimum absolute atomic E-state index is 0.254. The third-order valence-electron chi connectivity index (χ3n) is 2.94. The zero-order valence-corrected chi connectivity index (χ0v) is 12.9. The lowest BCUT2D eigenvalue weighted by Gasteiger charge is -2.10. The van der Waals surface area contributed by atoms with Crippen LogP contribution in [0.4, 0.5) is 10.1 Å². The smallest absolute Gasteiger partial charge is 0.169 e. The molecule has 0 spiro atoms. The van der Waals surface area contributed by atoms with Crippen molar-refractivity contribution in [3.05, 3.63) is 47.8 Å². The van der Waals surface area contributed by atoms with Crippen molar-refractivity contribution in [3.63, 3.8) is 0 Å². The highest BCUT2D eigenvalue weighted by Gasteiger charge is 2.10. The molecule has 0 aromatic heterocycles. The van der Waals surface area contributed by atoms with E-state index < -0.39 is 0 Å². The Morgan fingerprint density at radius 2 is 2.05 bits per heavy atom. The highest BCUT2D eigenvalue weighted by atomic mass is 32.2. The average molecular weight is 307 g/mol. The van der Waals surface area contributed by atoms with Crippen LogP contribution in [0.3, 0.4) is 0 Å². The van der Waals surface area contributed by atoms with E-state index in [0.717, 1.165) is 10.6 Å². The van der Waals surface area contributed by atoms with Gasteiger partial charge in [-0.3, -0.25) is 0 Å². The quantitative estimate of drug-likeness (QED) is 0.644. The van der Waals surface area contributed by atoms with Crippen LogP contribution in [0.1, 0.15) is 12.5 Å². The van der Waals surface area contributed by atoms with E-state index in [-0.39, 0.29) is 11.6 Å². The van der Waals surface area contributed by atoms with Crippen LogP contribution in [0.15, 0.2) is 41.3 Å². The summed E-state index contributed by atoms with van der Waals surface area (Å²) in [5.41, 5.74) is 7.19. The Morgan fingerprint density at radius 3 is 2.76 bits per heavy atom. The van der Waals surface area contributed by atoms with Crippen LogP contribution in [0.2, 0.25) is 0 Å². The highest BCUT2D eigenvalue weighted by molar-refractivity contribution is 7.98. The fourth-order valence-electron chi connectivity index (χ4n) is 1.88. The number of halogens is 1. The van der Waals surface area contributed by atoms with Crippen molar-refractivity contribution in [2.45, 2.75) is 17.6 Å². The third-order valence-corrected chi connectivity index (χ3v) is 4.06. The molecule has 2 aromatic carbocycles. The lowest BCUT2D eigenvalue weighted by Crippen LogP contribution is -1.96. The third kappa shape index (κ3) is 3.82. The second-order valence-electron chi connectivity index (χ2n) is 4.35. The normalized spacial score (nSPS) is 10.4. The maximum atomic E-state index is 14.1. The van der Waals surface area contributed by atoms with Gasteiger partial charge in [0.05, 0.1) is 13.7 Å². The Labute approximate surface area is 128 Å². The number of hydrogen-bond acceptors (Lipinski definition) is 4. The Hall–Kier alpha value is -1.88. The summed E-state index contributed by atoms with van der Waals surface area (Å²) >= 11 is 1.47. The second-order valence-corrected chi connectivity index (χ2v) is 5.37. The molecule has 0 aliphatic heterocycles. The zero-order valence-electron chi connectivity index (χ0n) is 12.1. The second kappa shape index (κ2) is 7.22. The summed E-state index contributed by atoms with van der Waals surface area (Å²) < 4.78 is 24.5. The van der Waals surface area contributed by atoms with Gasteiger partial charge in [-0.25, -0.2) is 4.39 Å². The Kier molecular flexibility index (Phi) is 5.33. The molecule has 0 saturated heterocycles. The van der Waals surface area contributed by atoms with E-state index in [9.17, 15) is 4.39 Å². The monoisotopic (exact) mass is 307 g/mol. The number of benzene rings is 2. The number of nitrogens with two attached hydrogens (primary N) is 1. The molecular formula is C16H18FNO2S. The largest absolute Gasteiger partial charge is 0.494 e. The Balaban J connectivity index is 2.14. The van der Waals surface area contributed by atoms with Crippen molar-refractivity contribution < 1.29 is 13.9 Å². The predicted octanol–water partition coefficient (Wildman–Crippen LogP) is 4.11. The van der Waals surface area contributed by atoms with E-state index in [1.54, 1.807) is 24.3 Å². The molecule has 0 heterocycles. The predicted molar refractivity (Wildman–Crippen MR) is 84.5 cm³/mol. The maximum absolute atomic E-state index is 14.1. The lowest BCUT2D eigenvalue weighted by molar-refractivity contribution is 0.339. The average Bonchev–Trinajstić information content (AvgIpc) is 2.49. The number of thioether (sulfide) groups is 1. The van der Waals surface area contributed by atoms with Crippen molar-refractivity contribution in [2.75, 3.05) is 19.5 Å². The van der Waals surface area contributed by atoms with Gasteiger partial charge in [0.1, 0.15) is 5.75 Å². The van der Waals surface area contributed by atoms with Gasteiger partial charge in [0.15, 0.2) is 11.6 Å². The van der Waals surface area contributed by atoms with Crippen LogP contribution in [-0.4, -0.2) is 13.7 Å². The minimum atomic E-state index is -0.327. The van der Waals surface area contributed by atoms with Crippen molar-refractivity contribution in [2.24, 2.45) is 0 Å². The van der Waals surface area contributed by atoms with Crippen LogP contribution < -0.4 is 15.2 Å². The summed E-state index contributed by atoms with van der Waals surface area (Å²) in [6.07, 6.45) is 0. The molecule has 21 heavy (non-hydrogen) atoms. The van der Waals surface area contributed by atoms with Crippen LogP contribution in [0.25, 0.3) is 0 Å². The van der Waals surface area contributed by atoms with E-state index in [4.69, 9.17) is 15.2 Å². The van der Waals surface area contributed by atoms with Crippen LogP contribution in [0, 0.1) is 5.82 Å². The highest BCUT2D eigenvalue weighted by Crippen LogP contribution is 2.33.